The Bertz CT molecular complexity index is 493. The van der Waals surface area contributed by atoms with Crippen molar-refractivity contribution < 1.29 is 19.4 Å². The number of amides is 1. The molecule has 0 fully saturated rings. The van der Waals surface area contributed by atoms with Crippen LogP contribution in [0, 0.1) is 0 Å². The van der Waals surface area contributed by atoms with Crippen LogP contribution in [0.1, 0.15) is 23.2 Å². The number of nitrogens with two attached hydrogens (primary N) is 1. The molecule has 0 aliphatic heterocycles. The Balaban J connectivity index is 2.74. The minimum atomic E-state index is -1.15. The van der Waals surface area contributed by atoms with Gasteiger partial charge in [-0.2, -0.15) is 0 Å². The van der Waals surface area contributed by atoms with Gasteiger partial charge >= 0.3 is 5.97 Å². The highest BCUT2D eigenvalue weighted by Gasteiger charge is 2.17. The van der Waals surface area contributed by atoms with Crippen LogP contribution in [0.5, 0.6) is 0 Å². The van der Waals surface area contributed by atoms with Gasteiger partial charge in [0.2, 0.25) is 5.91 Å². The molecule has 7 heteroatoms. The van der Waals surface area contributed by atoms with E-state index in [1.54, 1.807) is 7.11 Å². The number of halogens is 1. The molecule has 1 amide bonds. The molecule has 1 atom stereocenters. The van der Waals surface area contributed by atoms with Crippen molar-refractivity contribution in [3.63, 3.8) is 0 Å². The predicted molar refractivity (Wildman–Crippen MR) is 76.1 cm³/mol. The lowest BCUT2D eigenvalue weighted by molar-refractivity contribution is -0.117. The van der Waals surface area contributed by atoms with E-state index in [0.29, 0.717) is 24.5 Å². The normalized spacial score (nSPS) is 11.9. The second-order valence-electron chi connectivity index (χ2n) is 4.23. The van der Waals surface area contributed by atoms with E-state index in [-0.39, 0.29) is 11.3 Å². The number of benzene rings is 1. The van der Waals surface area contributed by atoms with Crippen LogP contribution in [0.2, 0.25) is 5.02 Å². The smallest absolute Gasteiger partial charge is 0.337 e. The van der Waals surface area contributed by atoms with Crippen molar-refractivity contribution in [3.05, 3.63) is 28.8 Å². The molecule has 0 bridgehead atoms. The maximum Gasteiger partial charge on any atom is 0.337 e. The Morgan fingerprint density at radius 3 is 2.80 bits per heavy atom. The summed E-state index contributed by atoms with van der Waals surface area (Å²) < 4.78 is 4.87. The van der Waals surface area contributed by atoms with Crippen molar-refractivity contribution in [3.8, 4) is 0 Å². The number of aromatic carboxylic acids is 1. The number of anilines is 1. The summed E-state index contributed by atoms with van der Waals surface area (Å²) in [7, 11) is 1.57. The molecule has 0 radical (unpaired) electrons. The molecular formula is C13H17ClN2O4. The average molecular weight is 301 g/mol. The van der Waals surface area contributed by atoms with Gasteiger partial charge in [0.05, 0.1) is 17.3 Å². The summed E-state index contributed by atoms with van der Waals surface area (Å²) in [6, 6.07) is 3.42. The first-order valence-corrected chi connectivity index (χ1v) is 6.41. The summed E-state index contributed by atoms with van der Waals surface area (Å²) in [6.07, 6.45) is 1.09. The first-order chi connectivity index (χ1) is 9.45. The Labute approximate surface area is 121 Å². The standard InChI is InChI=1S/C13H17ClN2O4/c1-20-6-2-3-10(15)12(17)16-11-7-8(14)4-5-9(11)13(18)19/h4-5,7,10H,2-3,6,15H2,1H3,(H,16,17)(H,18,19). The van der Waals surface area contributed by atoms with E-state index in [0.717, 1.165) is 0 Å². The molecule has 0 spiro atoms. The van der Waals surface area contributed by atoms with Gasteiger partial charge in [-0.1, -0.05) is 11.6 Å². The maximum absolute atomic E-state index is 11.9. The molecular weight excluding hydrogens is 284 g/mol. The highest BCUT2D eigenvalue weighted by Crippen LogP contribution is 2.21. The van der Waals surface area contributed by atoms with Crippen LogP contribution >= 0.6 is 11.6 Å². The number of nitrogens with one attached hydrogen (secondary N) is 1. The maximum atomic E-state index is 11.9. The fourth-order valence-corrected chi connectivity index (χ4v) is 1.78. The molecule has 0 aliphatic carbocycles. The first-order valence-electron chi connectivity index (χ1n) is 6.04. The number of methoxy groups -OCH3 is 1. The predicted octanol–water partition coefficient (Wildman–Crippen LogP) is 1.73. The van der Waals surface area contributed by atoms with Crippen LogP contribution in [0.25, 0.3) is 0 Å². The van der Waals surface area contributed by atoms with E-state index in [1.165, 1.54) is 18.2 Å². The molecule has 0 saturated heterocycles. The van der Waals surface area contributed by atoms with Gasteiger partial charge in [-0.25, -0.2) is 4.79 Å². The number of ether oxygens (including phenoxy) is 1. The van der Waals surface area contributed by atoms with Crippen LogP contribution in [0.4, 0.5) is 5.69 Å². The number of carbonyl (C=O) groups is 2. The van der Waals surface area contributed by atoms with Gasteiger partial charge in [0.15, 0.2) is 0 Å². The molecule has 0 aliphatic rings. The molecule has 6 nitrogen and oxygen atoms in total. The minimum absolute atomic E-state index is 0.0353. The number of carboxylic acid groups (broad SMARTS) is 1. The van der Waals surface area contributed by atoms with Crippen molar-refractivity contribution in [1.82, 2.24) is 0 Å². The fourth-order valence-electron chi connectivity index (χ4n) is 1.61. The van der Waals surface area contributed by atoms with Crippen molar-refractivity contribution in [1.29, 1.82) is 0 Å². The van der Waals surface area contributed by atoms with Crippen LogP contribution in [0.15, 0.2) is 18.2 Å². The molecule has 0 heterocycles. The average Bonchev–Trinajstić information content (AvgIpc) is 2.38. The van der Waals surface area contributed by atoms with Gasteiger partial charge in [0.25, 0.3) is 0 Å². The summed E-state index contributed by atoms with van der Waals surface area (Å²) in [5.74, 6) is -1.60. The van der Waals surface area contributed by atoms with Crippen molar-refractivity contribution >= 4 is 29.2 Å². The first kappa shape index (κ1) is 16.4. The van der Waals surface area contributed by atoms with Crippen LogP contribution in [-0.4, -0.2) is 36.7 Å². The third-order valence-electron chi connectivity index (χ3n) is 2.67. The molecule has 110 valence electrons. The molecule has 20 heavy (non-hydrogen) atoms. The van der Waals surface area contributed by atoms with Gasteiger partial charge in [0.1, 0.15) is 0 Å². The van der Waals surface area contributed by atoms with Gasteiger partial charge in [-0.05, 0) is 31.0 Å². The lowest BCUT2D eigenvalue weighted by atomic mass is 10.1. The largest absolute Gasteiger partial charge is 0.478 e. The zero-order valence-corrected chi connectivity index (χ0v) is 11.8. The summed E-state index contributed by atoms with van der Waals surface area (Å²) in [4.78, 5) is 22.9. The minimum Gasteiger partial charge on any atom is -0.478 e. The lowest BCUT2D eigenvalue weighted by Crippen LogP contribution is -2.36. The molecule has 4 N–H and O–H groups in total. The molecule has 1 aromatic rings. The Morgan fingerprint density at radius 2 is 2.20 bits per heavy atom. The molecule has 0 saturated carbocycles. The zero-order chi connectivity index (χ0) is 15.1. The van der Waals surface area contributed by atoms with Gasteiger partial charge in [-0.3, -0.25) is 4.79 Å². The lowest BCUT2D eigenvalue weighted by Gasteiger charge is -2.13. The molecule has 0 aromatic heterocycles. The fraction of sp³-hybridized carbons (Fsp3) is 0.385. The Morgan fingerprint density at radius 1 is 1.50 bits per heavy atom. The van der Waals surface area contributed by atoms with Gasteiger partial charge < -0.3 is 20.9 Å². The second-order valence-corrected chi connectivity index (χ2v) is 4.66. The number of hydrogen-bond donors (Lipinski definition) is 3. The van der Waals surface area contributed by atoms with E-state index in [4.69, 9.17) is 27.2 Å². The molecule has 1 rings (SSSR count). The van der Waals surface area contributed by atoms with E-state index >= 15 is 0 Å². The van der Waals surface area contributed by atoms with Gasteiger partial charge in [-0.15, -0.1) is 0 Å². The Kier molecular flexibility index (Phi) is 6.44. The summed E-state index contributed by atoms with van der Waals surface area (Å²) in [5.41, 5.74) is 5.82. The van der Waals surface area contributed by atoms with Crippen molar-refractivity contribution in [2.75, 3.05) is 19.0 Å². The molecule has 1 unspecified atom stereocenters. The number of carbonyl (C=O) groups excluding carboxylic acids is 1. The van der Waals surface area contributed by atoms with E-state index in [9.17, 15) is 9.59 Å². The monoisotopic (exact) mass is 300 g/mol. The Hall–Kier alpha value is -1.63. The van der Waals surface area contributed by atoms with Gasteiger partial charge in [0, 0.05) is 18.7 Å². The number of rotatable bonds is 7. The number of carboxylic acids is 1. The van der Waals surface area contributed by atoms with E-state index in [1.807, 2.05) is 0 Å². The zero-order valence-electron chi connectivity index (χ0n) is 11.1. The third kappa shape index (κ3) is 4.80. The van der Waals surface area contributed by atoms with E-state index in [2.05, 4.69) is 5.32 Å². The van der Waals surface area contributed by atoms with Crippen LogP contribution in [-0.2, 0) is 9.53 Å². The van der Waals surface area contributed by atoms with Crippen molar-refractivity contribution in [2.24, 2.45) is 5.73 Å². The SMILES string of the molecule is COCCCC(N)C(=O)Nc1cc(Cl)ccc1C(=O)O. The van der Waals surface area contributed by atoms with E-state index < -0.39 is 17.9 Å². The summed E-state index contributed by atoms with van der Waals surface area (Å²) >= 11 is 5.79. The quantitative estimate of drug-likeness (QED) is 0.666. The van der Waals surface area contributed by atoms with Crippen molar-refractivity contribution in [2.45, 2.75) is 18.9 Å². The highest BCUT2D eigenvalue weighted by atomic mass is 35.5. The number of hydrogen-bond acceptors (Lipinski definition) is 4. The van der Waals surface area contributed by atoms with Crippen LogP contribution < -0.4 is 11.1 Å². The highest BCUT2D eigenvalue weighted by molar-refractivity contribution is 6.31. The topological polar surface area (TPSA) is 102 Å². The summed E-state index contributed by atoms with van der Waals surface area (Å²) in [5, 5.41) is 11.9. The third-order valence-corrected chi connectivity index (χ3v) is 2.91. The van der Waals surface area contributed by atoms with Crippen LogP contribution in [0.3, 0.4) is 0 Å². The molecule has 1 aromatic carbocycles. The summed E-state index contributed by atoms with van der Waals surface area (Å²) in [6.45, 7) is 0.512. The second kappa shape index (κ2) is 7.84.